The maximum absolute atomic E-state index is 11.5. The van der Waals surface area contributed by atoms with Crippen LogP contribution in [0.15, 0.2) is 0 Å². The molecular weight excluding hydrogens is 292 g/mol. The van der Waals surface area contributed by atoms with E-state index in [9.17, 15) is 19.5 Å². The van der Waals surface area contributed by atoms with Crippen molar-refractivity contribution in [2.45, 2.75) is 39.1 Å². The van der Waals surface area contributed by atoms with E-state index in [2.05, 4.69) is 16.0 Å². The molecule has 0 heterocycles. The van der Waals surface area contributed by atoms with Crippen LogP contribution in [0.1, 0.15) is 27.2 Å². The Labute approximate surface area is 130 Å². The molecule has 1 atom stereocenters. The summed E-state index contributed by atoms with van der Waals surface area (Å²) >= 11 is 0. The molecule has 9 nitrogen and oxygen atoms in total. The Morgan fingerprint density at radius 2 is 1.55 bits per heavy atom. The highest BCUT2D eigenvalue weighted by atomic mass is 16.6. The Balaban J connectivity index is 3.74. The van der Waals surface area contributed by atoms with Gasteiger partial charge in [0.05, 0.1) is 25.2 Å². The Bertz CT molecular complexity index is 381. The molecule has 0 aromatic rings. The lowest BCUT2D eigenvalue weighted by Crippen LogP contribution is -2.43. The van der Waals surface area contributed by atoms with Gasteiger partial charge in [-0.15, -0.1) is 0 Å². The Morgan fingerprint density at radius 3 is 2.05 bits per heavy atom. The summed E-state index contributed by atoms with van der Waals surface area (Å²) in [5, 5.41) is 16.7. The molecule has 9 heteroatoms. The number of ether oxygens (including phenoxy) is 1. The first-order chi connectivity index (χ1) is 10.1. The van der Waals surface area contributed by atoms with Crippen molar-refractivity contribution in [1.82, 2.24) is 16.0 Å². The first-order valence-electron chi connectivity index (χ1n) is 7.00. The number of aliphatic hydroxyl groups is 1. The largest absolute Gasteiger partial charge is 0.368 e. The number of hydrogen-bond acceptors (Lipinski definition) is 6. The number of hydrogen-bond donors (Lipinski definition) is 5. The van der Waals surface area contributed by atoms with E-state index in [0.29, 0.717) is 0 Å². The van der Waals surface area contributed by atoms with Gasteiger partial charge < -0.3 is 31.5 Å². The summed E-state index contributed by atoms with van der Waals surface area (Å²) < 4.78 is 5.27. The third kappa shape index (κ3) is 12.1. The van der Waals surface area contributed by atoms with Crippen LogP contribution in [0.5, 0.6) is 0 Å². The van der Waals surface area contributed by atoms with Gasteiger partial charge in [-0.05, 0) is 20.8 Å². The molecule has 0 aliphatic heterocycles. The maximum Gasteiger partial charge on any atom is 0.239 e. The van der Waals surface area contributed by atoms with Gasteiger partial charge in [-0.2, -0.15) is 0 Å². The van der Waals surface area contributed by atoms with Gasteiger partial charge in [0.2, 0.25) is 17.7 Å². The summed E-state index contributed by atoms with van der Waals surface area (Å²) in [7, 11) is 0. The molecule has 0 spiro atoms. The fraction of sp³-hybridized carbons (Fsp3) is 0.769. The van der Waals surface area contributed by atoms with E-state index in [1.807, 2.05) is 20.8 Å². The van der Waals surface area contributed by atoms with Crippen LogP contribution in [0, 0.1) is 0 Å². The van der Waals surface area contributed by atoms with E-state index in [1.54, 1.807) is 0 Å². The van der Waals surface area contributed by atoms with Gasteiger partial charge in [-0.3, -0.25) is 14.4 Å². The number of aliphatic hydroxyl groups excluding tert-OH is 1. The van der Waals surface area contributed by atoms with Gasteiger partial charge in [0.25, 0.3) is 0 Å². The lowest BCUT2D eigenvalue weighted by molar-refractivity contribution is -0.167. The van der Waals surface area contributed by atoms with Gasteiger partial charge in [0.1, 0.15) is 0 Å². The van der Waals surface area contributed by atoms with Crippen molar-refractivity contribution in [3.05, 3.63) is 0 Å². The number of nitrogens with two attached hydrogens (primary N) is 1. The fourth-order valence-corrected chi connectivity index (χ4v) is 1.36. The number of carbonyl (C=O) groups excluding carboxylic acids is 3. The maximum atomic E-state index is 11.5. The minimum absolute atomic E-state index is 0.202. The van der Waals surface area contributed by atoms with Gasteiger partial charge in [0, 0.05) is 13.0 Å². The molecule has 0 bridgehead atoms. The van der Waals surface area contributed by atoms with Crippen LogP contribution >= 0.6 is 0 Å². The van der Waals surface area contributed by atoms with Crippen molar-refractivity contribution in [2.24, 2.45) is 5.73 Å². The molecule has 22 heavy (non-hydrogen) atoms. The van der Waals surface area contributed by atoms with Gasteiger partial charge in [-0.1, -0.05) is 0 Å². The average Bonchev–Trinajstić information content (AvgIpc) is 2.40. The summed E-state index contributed by atoms with van der Waals surface area (Å²) in [5.74, 6) is -1.35. The van der Waals surface area contributed by atoms with E-state index in [4.69, 9.17) is 10.5 Å². The first-order valence-corrected chi connectivity index (χ1v) is 7.00. The summed E-state index contributed by atoms with van der Waals surface area (Å²) in [6.45, 7) is 5.01. The number of rotatable bonds is 9. The monoisotopic (exact) mass is 318 g/mol. The molecule has 3 amide bonds. The number of amides is 3. The van der Waals surface area contributed by atoms with E-state index < -0.39 is 29.6 Å². The van der Waals surface area contributed by atoms with E-state index in [1.165, 1.54) is 0 Å². The molecule has 0 aliphatic carbocycles. The topological polar surface area (TPSA) is 143 Å². The molecule has 1 unspecified atom stereocenters. The molecule has 0 rings (SSSR count). The summed E-state index contributed by atoms with van der Waals surface area (Å²) in [5.41, 5.74) is 4.59. The standard InChI is InChI=1S/C13H26N4O5/c1-13(2,3)22-12(21)4-5-15-10(19)7-17-11(20)8-16-9(18)6-14/h12,21H,4-8,14H2,1-3H3,(H,15,19)(H,16,18)(H,17,20). The number of nitrogens with one attached hydrogen (secondary N) is 3. The molecule has 0 aliphatic rings. The molecule has 0 aromatic carbocycles. The van der Waals surface area contributed by atoms with Gasteiger partial charge >= 0.3 is 0 Å². The molecule has 0 saturated heterocycles. The predicted octanol–water partition coefficient (Wildman–Crippen LogP) is -2.18. The smallest absolute Gasteiger partial charge is 0.239 e. The molecule has 6 N–H and O–H groups in total. The molecule has 128 valence electrons. The van der Waals surface area contributed by atoms with Crippen LogP contribution in [-0.4, -0.2) is 60.9 Å². The fourth-order valence-electron chi connectivity index (χ4n) is 1.36. The first kappa shape index (κ1) is 20.3. The van der Waals surface area contributed by atoms with Crippen LogP contribution in [0.25, 0.3) is 0 Å². The summed E-state index contributed by atoms with van der Waals surface area (Å²) in [4.78, 5) is 33.6. The molecular formula is C13H26N4O5. The normalized spacial score (nSPS) is 12.4. The molecule has 0 radical (unpaired) electrons. The van der Waals surface area contributed by atoms with Crippen molar-refractivity contribution in [1.29, 1.82) is 0 Å². The van der Waals surface area contributed by atoms with Crippen LogP contribution in [0.4, 0.5) is 0 Å². The predicted molar refractivity (Wildman–Crippen MR) is 79.5 cm³/mol. The van der Waals surface area contributed by atoms with Crippen molar-refractivity contribution in [3.8, 4) is 0 Å². The molecule has 0 saturated carbocycles. The Kier molecular flexibility index (Phi) is 9.31. The SMILES string of the molecule is CC(C)(C)OC(O)CCNC(=O)CNC(=O)CNC(=O)CN. The van der Waals surface area contributed by atoms with Crippen LogP contribution in [0.2, 0.25) is 0 Å². The van der Waals surface area contributed by atoms with Crippen molar-refractivity contribution >= 4 is 17.7 Å². The molecule has 0 fully saturated rings. The lowest BCUT2D eigenvalue weighted by atomic mass is 10.2. The van der Waals surface area contributed by atoms with Crippen molar-refractivity contribution in [3.63, 3.8) is 0 Å². The average molecular weight is 318 g/mol. The third-order valence-corrected chi connectivity index (χ3v) is 2.28. The van der Waals surface area contributed by atoms with Crippen LogP contribution < -0.4 is 21.7 Å². The minimum Gasteiger partial charge on any atom is -0.368 e. The van der Waals surface area contributed by atoms with Crippen molar-refractivity contribution < 1.29 is 24.2 Å². The Hall–Kier alpha value is -1.71. The zero-order valence-electron chi connectivity index (χ0n) is 13.3. The summed E-state index contributed by atoms with van der Waals surface area (Å²) in [6, 6.07) is 0. The zero-order valence-corrected chi connectivity index (χ0v) is 13.3. The lowest BCUT2D eigenvalue weighted by Gasteiger charge is -2.23. The Morgan fingerprint density at radius 1 is 1.05 bits per heavy atom. The highest BCUT2D eigenvalue weighted by molar-refractivity contribution is 5.88. The minimum atomic E-state index is -0.971. The van der Waals surface area contributed by atoms with Crippen LogP contribution in [0.3, 0.4) is 0 Å². The van der Waals surface area contributed by atoms with Crippen molar-refractivity contribution in [2.75, 3.05) is 26.2 Å². The highest BCUT2D eigenvalue weighted by Crippen LogP contribution is 2.10. The summed E-state index contributed by atoms with van der Waals surface area (Å²) in [6.07, 6.45) is -0.731. The molecule has 0 aromatic heterocycles. The van der Waals surface area contributed by atoms with E-state index in [0.717, 1.165) is 0 Å². The second kappa shape index (κ2) is 10.1. The van der Waals surface area contributed by atoms with Gasteiger partial charge in [-0.25, -0.2) is 0 Å². The van der Waals surface area contributed by atoms with Crippen LogP contribution in [-0.2, 0) is 19.1 Å². The second-order valence-corrected chi connectivity index (χ2v) is 5.58. The number of carbonyl (C=O) groups is 3. The van der Waals surface area contributed by atoms with E-state index >= 15 is 0 Å². The highest BCUT2D eigenvalue weighted by Gasteiger charge is 2.16. The van der Waals surface area contributed by atoms with E-state index in [-0.39, 0.29) is 32.6 Å². The van der Waals surface area contributed by atoms with Gasteiger partial charge in [0.15, 0.2) is 6.29 Å². The third-order valence-electron chi connectivity index (χ3n) is 2.28. The quantitative estimate of drug-likeness (QED) is 0.306. The second-order valence-electron chi connectivity index (χ2n) is 5.58. The zero-order chi connectivity index (χ0) is 17.2.